The Morgan fingerprint density at radius 3 is 2.52 bits per heavy atom. The summed E-state index contributed by atoms with van der Waals surface area (Å²) >= 11 is 0. The van der Waals surface area contributed by atoms with E-state index in [-0.39, 0.29) is 6.03 Å². The van der Waals surface area contributed by atoms with Gasteiger partial charge in [-0.05, 0) is 68.5 Å². The third-order valence-corrected chi connectivity index (χ3v) is 5.88. The average Bonchev–Trinajstić information content (AvgIpc) is 3.45. The molecule has 0 aliphatic carbocycles. The van der Waals surface area contributed by atoms with Gasteiger partial charge in [-0.15, -0.1) is 0 Å². The number of ether oxygens (including phenoxy) is 1. The van der Waals surface area contributed by atoms with Crippen molar-refractivity contribution >= 4 is 11.7 Å². The maximum atomic E-state index is 12.6. The van der Waals surface area contributed by atoms with E-state index in [0.717, 1.165) is 73.4 Å². The maximum Gasteiger partial charge on any atom is 0.324 e. The molecule has 174 valence electrons. The molecule has 2 aromatic heterocycles. The van der Waals surface area contributed by atoms with Gasteiger partial charge in [-0.1, -0.05) is 12.1 Å². The highest BCUT2D eigenvalue weighted by atomic mass is 16.5. The number of carbonyl (C=O) groups excluding carboxylic acids is 1. The van der Waals surface area contributed by atoms with Crippen molar-refractivity contribution < 1.29 is 14.1 Å². The van der Waals surface area contributed by atoms with Crippen molar-refractivity contribution in [2.24, 2.45) is 0 Å². The lowest BCUT2D eigenvalue weighted by molar-refractivity contribution is 0.219. The molecule has 8 nitrogen and oxygen atoms in total. The predicted molar refractivity (Wildman–Crippen MR) is 126 cm³/mol. The van der Waals surface area contributed by atoms with Crippen LogP contribution in [-0.4, -0.2) is 52.3 Å². The first-order chi connectivity index (χ1) is 16.1. The summed E-state index contributed by atoms with van der Waals surface area (Å²) in [6.45, 7) is 9.00. The fraction of sp³-hybridized carbons (Fsp3) is 0.440. The van der Waals surface area contributed by atoms with E-state index in [1.54, 1.807) is 12.4 Å². The van der Waals surface area contributed by atoms with Crippen LogP contribution in [-0.2, 0) is 6.42 Å². The number of hydrogen-bond acceptors (Lipinski definition) is 6. The van der Waals surface area contributed by atoms with Gasteiger partial charge in [-0.3, -0.25) is 9.88 Å². The fourth-order valence-electron chi connectivity index (χ4n) is 4.13. The summed E-state index contributed by atoms with van der Waals surface area (Å²) in [7, 11) is 0. The summed E-state index contributed by atoms with van der Waals surface area (Å²) in [6.07, 6.45) is 7.08. The van der Waals surface area contributed by atoms with Crippen molar-refractivity contribution in [3.05, 3.63) is 53.7 Å². The predicted octanol–water partition coefficient (Wildman–Crippen LogP) is 4.80. The normalized spacial score (nSPS) is 13.7. The zero-order valence-corrected chi connectivity index (χ0v) is 19.6. The molecule has 0 unspecified atom stereocenters. The Kier molecular flexibility index (Phi) is 7.22. The summed E-state index contributed by atoms with van der Waals surface area (Å²) in [5.74, 6) is 2.17. The highest BCUT2D eigenvalue weighted by Crippen LogP contribution is 2.29. The molecule has 8 heteroatoms. The molecular formula is C25H31N5O3. The Morgan fingerprint density at radius 1 is 1.06 bits per heavy atom. The standard InChI is InChI=1S/C25H31N5O3/c1-4-22-27-24(28-33-22)20-16-18(2)23(19(3)17-20)32-15-7-5-6-12-29-13-14-30(25(29)31)21-8-10-26-11-9-21/h8-11,16-17H,4-7,12-15H2,1-3H3. The van der Waals surface area contributed by atoms with E-state index in [0.29, 0.717) is 18.3 Å². The first-order valence-electron chi connectivity index (χ1n) is 11.6. The Bertz CT molecular complexity index is 1060. The topological polar surface area (TPSA) is 84.6 Å². The lowest BCUT2D eigenvalue weighted by Crippen LogP contribution is -2.32. The van der Waals surface area contributed by atoms with Crippen molar-refractivity contribution in [2.45, 2.75) is 46.5 Å². The molecule has 2 amide bonds. The number of aromatic nitrogens is 3. The number of amides is 2. The van der Waals surface area contributed by atoms with Gasteiger partial charge in [0.25, 0.3) is 0 Å². The largest absolute Gasteiger partial charge is 0.493 e. The molecule has 3 aromatic rings. The van der Waals surface area contributed by atoms with E-state index in [1.165, 1.54) is 0 Å². The van der Waals surface area contributed by atoms with Crippen LogP contribution in [0.5, 0.6) is 5.75 Å². The second kappa shape index (κ2) is 10.5. The van der Waals surface area contributed by atoms with E-state index < -0.39 is 0 Å². The first-order valence-corrected chi connectivity index (χ1v) is 11.6. The van der Waals surface area contributed by atoms with Gasteiger partial charge in [-0.2, -0.15) is 4.98 Å². The molecule has 1 aromatic carbocycles. The van der Waals surface area contributed by atoms with Crippen LogP contribution in [0.25, 0.3) is 11.4 Å². The van der Waals surface area contributed by atoms with Crippen molar-refractivity contribution in [3.8, 4) is 17.1 Å². The quantitative estimate of drug-likeness (QED) is 0.413. The summed E-state index contributed by atoms with van der Waals surface area (Å²) in [6, 6.07) is 7.91. The molecule has 0 saturated carbocycles. The number of nitrogens with zero attached hydrogens (tertiary/aromatic N) is 5. The molecule has 3 heterocycles. The van der Waals surface area contributed by atoms with Gasteiger partial charge in [0.05, 0.1) is 6.61 Å². The summed E-state index contributed by atoms with van der Waals surface area (Å²) in [4.78, 5) is 24.8. The minimum Gasteiger partial charge on any atom is -0.493 e. The van der Waals surface area contributed by atoms with Crippen LogP contribution >= 0.6 is 0 Å². The highest BCUT2D eigenvalue weighted by molar-refractivity contribution is 5.93. The van der Waals surface area contributed by atoms with Gasteiger partial charge in [0.1, 0.15) is 5.75 Å². The molecule has 0 N–H and O–H groups in total. The number of urea groups is 1. The van der Waals surface area contributed by atoms with Gasteiger partial charge in [0.15, 0.2) is 0 Å². The summed E-state index contributed by atoms with van der Waals surface area (Å²) in [5.41, 5.74) is 3.98. The van der Waals surface area contributed by atoms with Crippen LogP contribution in [0, 0.1) is 13.8 Å². The SMILES string of the molecule is CCc1nc(-c2cc(C)c(OCCCCCN3CCN(c4ccncc4)C3=O)c(C)c2)no1. The van der Waals surface area contributed by atoms with Crippen LogP contribution in [0.2, 0.25) is 0 Å². The highest BCUT2D eigenvalue weighted by Gasteiger charge is 2.28. The lowest BCUT2D eigenvalue weighted by atomic mass is 10.1. The minimum atomic E-state index is 0.0800. The Hall–Kier alpha value is -3.42. The average molecular weight is 450 g/mol. The van der Waals surface area contributed by atoms with Gasteiger partial charge in [0, 0.05) is 49.7 Å². The molecule has 0 radical (unpaired) electrons. The number of hydrogen-bond donors (Lipinski definition) is 0. The Morgan fingerprint density at radius 2 is 1.82 bits per heavy atom. The van der Waals surface area contributed by atoms with E-state index in [2.05, 4.69) is 15.1 Å². The number of rotatable bonds is 10. The van der Waals surface area contributed by atoms with Crippen LogP contribution in [0.3, 0.4) is 0 Å². The van der Waals surface area contributed by atoms with Gasteiger partial charge in [0.2, 0.25) is 11.7 Å². The van der Waals surface area contributed by atoms with Crippen LogP contribution in [0.1, 0.15) is 43.2 Å². The van der Waals surface area contributed by atoms with Gasteiger partial charge < -0.3 is 14.2 Å². The van der Waals surface area contributed by atoms with E-state index in [9.17, 15) is 4.79 Å². The Balaban J connectivity index is 1.21. The zero-order chi connectivity index (χ0) is 23.2. The van der Waals surface area contributed by atoms with E-state index in [4.69, 9.17) is 9.26 Å². The number of unbranched alkanes of at least 4 members (excludes halogenated alkanes) is 2. The second-order valence-corrected chi connectivity index (χ2v) is 8.34. The number of carbonyl (C=O) groups is 1. The minimum absolute atomic E-state index is 0.0800. The first kappa shape index (κ1) is 22.8. The molecule has 1 aliphatic heterocycles. The smallest absolute Gasteiger partial charge is 0.324 e. The molecule has 0 atom stereocenters. The molecule has 0 spiro atoms. The third kappa shape index (κ3) is 5.32. The van der Waals surface area contributed by atoms with E-state index >= 15 is 0 Å². The number of anilines is 1. The molecule has 4 rings (SSSR count). The van der Waals surface area contributed by atoms with Gasteiger partial charge >= 0.3 is 6.03 Å². The number of benzene rings is 1. The monoisotopic (exact) mass is 449 g/mol. The summed E-state index contributed by atoms with van der Waals surface area (Å²) < 4.78 is 11.3. The maximum absolute atomic E-state index is 12.6. The van der Waals surface area contributed by atoms with Crippen LogP contribution in [0.4, 0.5) is 10.5 Å². The number of aryl methyl sites for hydroxylation is 3. The zero-order valence-electron chi connectivity index (χ0n) is 19.6. The molecule has 1 fully saturated rings. The van der Waals surface area contributed by atoms with Crippen molar-refractivity contribution in [2.75, 3.05) is 31.1 Å². The lowest BCUT2D eigenvalue weighted by Gasteiger charge is -2.18. The van der Waals surface area contributed by atoms with Crippen LogP contribution in [0.15, 0.2) is 41.2 Å². The molecule has 33 heavy (non-hydrogen) atoms. The molecule has 1 aliphatic rings. The van der Waals surface area contributed by atoms with Crippen molar-refractivity contribution in [1.82, 2.24) is 20.0 Å². The van der Waals surface area contributed by atoms with Gasteiger partial charge in [-0.25, -0.2) is 4.79 Å². The Labute approximate surface area is 194 Å². The van der Waals surface area contributed by atoms with Crippen molar-refractivity contribution in [3.63, 3.8) is 0 Å². The third-order valence-electron chi connectivity index (χ3n) is 5.88. The molecular weight excluding hydrogens is 418 g/mol. The van der Waals surface area contributed by atoms with E-state index in [1.807, 2.05) is 54.8 Å². The molecule has 0 bridgehead atoms. The summed E-state index contributed by atoms with van der Waals surface area (Å²) in [5, 5.41) is 4.06. The van der Waals surface area contributed by atoms with Crippen LogP contribution < -0.4 is 9.64 Å². The fourth-order valence-corrected chi connectivity index (χ4v) is 4.13. The molecule has 1 saturated heterocycles. The van der Waals surface area contributed by atoms with Crippen molar-refractivity contribution in [1.29, 1.82) is 0 Å². The second-order valence-electron chi connectivity index (χ2n) is 8.34. The number of pyridine rings is 1.